The molecule has 6 aromatic carbocycles. The van der Waals surface area contributed by atoms with Gasteiger partial charge < -0.3 is 22.9 Å². The zero-order valence-electron chi connectivity index (χ0n) is 28.6. The van der Waals surface area contributed by atoms with Crippen molar-refractivity contribution in [1.82, 2.24) is 23.5 Å². The molecule has 10 aromatic rings. The van der Waals surface area contributed by atoms with Crippen LogP contribution in [0.15, 0.2) is 175 Å². The van der Waals surface area contributed by atoms with E-state index in [2.05, 4.69) is 178 Å². The molecule has 0 fully saturated rings. The molecule has 4 aromatic heterocycles. The fourth-order valence-corrected chi connectivity index (χ4v) is 7.80. The number of hydrogen-bond donors (Lipinski definition) is 0. The zero-order chi connectivity index (χ0) is 34.9. The second-order valence-corrected chi connectivity index (χ2v) is 13.1. The molecule has 0 N–H and O–H groups in total. The van der Waals surface area contributed by atoms with E-state index >= 15 is 0 Å². The topological polar surface area (TPSA) is 53.2 Å². The molecular formula is C47H28N5OPt-3. The summed E-state index contributed by atoms with van der Waals surface area (Å²) in [4.78, 5) is 10.2. The maximum Gasteiger partial charge on any atom is 0.136 e. The van der Waals surface area contributed by atoms with E-state index in [0.29, 0.717) is 16.8 Å². The fourth-order valence-electron chi connectivity index (χ4n) is 7.80. The van der Waals surface area contributed by atoms with Gasteiger partial charge in [0.05, 0.1) is 5.52 Å². The molecule has 0 saturated heterocycles. The maximum atomic E-state index is 6.51. The van der Waals surface area contributed by atoms with Crippen molar-refractivity contribution in [3.05, 3.63) is 182 Å². The smallest absolute Gasteiger partial charge is 0.136 e. The van der Waals surface area contributed by atoms with Crippen LogP contribution in [0.3, 0.4) is 0 Å². The number of para-hydroxylation sites is 4. The first-order chi connectivity index (χ1) is 26.3. The third-order valence-electron chi connectivity index (χ3n) is 10.1. The molecule has 1 aliphatic rings. The van der Waals surface area contributed by atoms with E-state index in [4.69, 9.17) is 14.4 Å². The summed E-state index contributed by atoms with van der Waals surface area (Å²) in [5.41, 5.74) is 10.6. The van der Waals surface area contributed by atoms with Crippen LogP contribution in [-0.4, -0.2) is 23.5 Å². The minimum Gasteiger partial charge on any atom is -0.522 e. The molecule has 0 aliphatic carbocycles. The normalized spacial score (nSPS) is 11.6. The first-order valence-electron chi connectivity index (χ1n) is 17.6. The van der Waals surface area contributed by atoms with Crippen molar-refractivity contribution in [2.45, 2.75) is 0 Å². The van der Waals surface area contributed by atoms with Gasteiger partial charge in [-0.1, -0.05) is 133 Å². The second-order valence-electron chi connectivity index (χ2n) is 13.1. The van der Waals surface area contributed by atoms with Gasteiger partial charge in [0.1, 0.15) is 5.65 Å². The Hall–Kier alpha value is -6.62. The van der Waals surface area contributed by atoms with Gasteiger partial charge in [-0.2, -0.15) is 12.1 Å². The molecular weight excluding hydrogens is 846 g/mol. The predicted molar refractivity (Wildman–Crippen MR) is 214 cm³/mol. The summed E-state index contributed by atoms with van der Waals surface area (Å²) >= 11 is 0. The van der Waals surface area contributed by atoms with E-state index in [-0.39, 0.29) is 21.1 Å². The van der Waals surface area contributed by atoms with Gasteiger partial charge in [-0.05, 0) is 73.6 Å². The zero-order valence-corrected chi connectivity index (χ0v) is 30.9. The van der Waals surface area contributed by atoms with Crippen molar-refractivity contribution in [2.75, 3.05) is 0 Å². The number of fused-ring (bicyclic) bond motifs is 20. The molecule has 6 nitrogen and oxygen atoms in total. The van der Waals surface area contributed by atoms with Crippen LogP contribution in [0.2, 0.25) is 0 Å². The molecule has 1 aliphatic heterocycles. The fraction of sp³-hybridized carbons (Fsp3) is 0. The van der Waals surface area contributed by atoms with E-state index < -0.39 is 0 Å². The van der Waals surface area contributed by atoms with E-state index in [9.17, 15) is 0 Å². The van der Waals surface area contributed by atoms with Gasteiger partial charge >= 0.3 is 0 Å². The summed E-state index contributed by atoms with van der Waals surface area (Å²) in [6.45, 7) is 0. The third-order valence-corrected chi connectivity index (χ3v) is 10.1. The molecule has 54 heavy (non-hydrogen) atoms. The SMILES string of the molecule is [Pt].[c-]1c2ccnc1n1[cH-]n(c3c(-c4ccccc4)cccc3c3ccccc3c3cccc(n3)n3c4[c-]c(ccc4c4ccccc43)o2)-c2ccccc2-1. The number of aromatic nitrogens is 5. The molecule has 0 atom stereocenters. The van der Waals surface area contributed by atoms with E-state index in [0.717, 1.165) is 77.1 Å². The molecule has 0 unspecified atom stereocenters. The molecule has 7 heteroatoms. The van der Waals surface area contributed by atoms with Crippen LogP contribution < -0.4 is 0 Å². The maximum absolute atomic E-state index is 6.51. The summed E-state index contributed by atoms with van der Waals surface area (Å²) in [5, 5.41) is 5.37. The molecule has 11 rings (SSSR count). The van der Waals surface area contributed by atoms with Crippen LogP contribution in [0.1, 0.15) is 0 Å². The van der Waals surface area contributed by atoms with E-state index in [1.54, 1.807) is 6.20 Å². The number of nitrogens with zero attached hydrogens (tertiary/aromatic N) is 5. The molecule has 260 valence electrons. The monoisotopic (exact) mass is 873 g/mol. The van der Waals surface area contributed by atoms with Gasteiger partial charge in [-0.15, -0.1) is 17.5 Å². The summed E-state index contributed by atoms with van der Waals surface area (Å²) < 4.78 is 13.1. The largest absolute Gasteiger partial charge is 0.522 e. The van der Waals surface area contributed by atoms with Gasteiger partial charge in [0.2, 0.25) is 0 Å². The van der Waals surface area contributed by atoms with Crippen LogP contribution in [-0.2, 0) is 21.1 Å². The number of hydrogen-bond acceptors (Lipinski definition) is 3. The van der Waals surface area contributed by atoms with Crippen molar-refractivity contribution in [1.29, 1.82) is 0 Å². The van der Waals surface area contributed by atoms with Gasteiger partial charge in [0.25, 0.3) is 0 Å². The van der Waals surface area contributed by atoms with Crippen LogP contribution in [0, 0.1) is 12.1 Å². The van der Waals surface area contributed by atoms with Crippen molar-refractivity contribution < 1.29 is 25.5 Å². The molecule has 8 bridgehead atoms. The van der Waals surface area contributed by atoms with E-state index in [1.807, 2.05) is 12.1 Å². The Morgan fingerprint density at radius 3 is 2.11 bits per heavy atom. The van der Waals surface area contributed by atoms with Crippen LogP contribution in [0.4, 0.5) is 0 Å². The number of imidazole rings is 1. The molecule has 0 spiro atoms. The summed E-state index contributed by atoms with van der Waals surface area (Å²) in [6, 6.07) is 61.7. The number of pyridine rings is 2. The Balaban J connectivity index is 0.00000361. The first kappa shape index (κ1) is 32.1. The van der Waals surface area contributed by atoms with Crippen molar-refractivity contribution in [3.8, 4) is 22.5 Å². The standard InChI is InChI=1S/C47H28N5O.Pt/c1-2-12-31(13-3-1)34-17-10-18-39-35-14-4-5-15-36(35)40-19-11-23-45(49-40)52-41-20-7-6-16-37(41)38-25-24-32(28-44(38)52)53-33-26-27-48-46(29-33)50-30-51(47(34)39)43-22-9-8-21-42(43)50;/h1-27,30H;/q-3;. The van der Waals surface area contributed by atoms with Crippen molar-refractivity contribution in [2.24, 2.45) is 0 Å². The minimum absolute atomic E-state index is 0. The van der Waals surface area contributed by atoms with Crippen LogP contribution >= 0.6 is 0 Å². The Labute approximate surface area is 323 Å². The third kappa shape index (κ3) is 5.02. The average molecular weight is 874 g/mol. The summed E-state index contributed by atoms with van der Waals surface area (Å²) in [5.74, 6) is 0. The van der Waals surface area contributed by atoms with Gasteiger partial charge in [0.15, 0.2) is 0 Å². The van der Waals surface area contributed by atoms with Gasteiger partial charge in [-0.25, -0.2) is 11.1 Å². The van der Waals surface area contributed by atoms with E-state index in [1.165, 1.54) is 0 Å². The first-order valence-corrected chi connectivity index (χ1v) is 17.6. The minimum atomic E-state index is 0. The van der Waals surface area contributed by atoms with Gasteiger partial charge in [0, 0.05) is 43.9 Å². The Morgan fingerprint density at radius 2 is 1.24 bits per heavy atom. The van der Waals surface area contributed by atoms with Crippen LogP contribution in [0.5, 0.6) is 0 Å². The summed E-state index contributed by atoms with van der Waals surface area (Å²) in [6.07, 6.45) is 3.88. The van der Waals surface area contributed by atoms with Gasteiger partial charge in [-0.3, -0.25) is 0 Å². The van der Waals surface area contributed by atoms with Crippen molar-refractivity contribution >= 4 is 71.5 Å². The van der Waals surface area contributed by atoms with Crippen molar-refractivity contribution in [3.63, 3.8) is 0 Å². The number of rotatable bonds is 1. The average Bonchev–Trinajstić information content (AvgIpc) is 3.77. The molecule has 5 heterocycles. The number of benzene rings is 6. The molecule has 0 amide bonds. The second kappa shape index (κ2) is 12.8. The predicted octanol–water partition coefficient (Wildman–Crippen LogP) is 11.5. The quantitative estimate of drug-likeness (QED) is 0.154. The summed E-state index contributed by atoms with van der Waals surface area (Å²) in [7, 11) is 0. The Kier molecular flexibility index (Phi) is 7.60. The Bertz CT molecular complexity index is 3310. The Morgan fingerprint density at radius 1 is 0.537 bits per heavy atom. The van der Waals surface area contributed by atoms with Crippen LogP contribution in [0.25, 0.3) is 94.0 Å². The molecule has 0 saturated carbocycles. The molecule has 0 radical (unpaired) electrons.